The Morgan fingerprint density at radius 1 is 1.18 bits per heavy atom. The minimum atomic E-state index is -1.05. The third kappa shape index (κ3) is 4.98. The van der Waals surface area contributed by atoms with Gasteiger partial charge in [0, 0.05) is 0 Å². The van der Waals surface area contributed by atoms with E-state index in [4.69, 9.17) is 23.1 Å². The van der Waals surface area contributed by atoms with Gasteiger partial charge in [-0.3, -0.25) is 4.79 Å². The first-order valence-corrected chi connectivity index (χ1v) is 6.59. The fourth-order valence-electron chi connectivity index (χ4n) is 1.89. The zero-order valence-electron chi connectivity index (χ0n) is 13.5. The first-order valence-electron chi connectivity index (χ1n) is 6.19. The number of carbonyl (C=O) groups is 1. The summed E-state index contributed by atoms with van der Waals surface area (Å²) in [6.07, 6.45) is 0. The molecule has 0 saturated carbocycles. The van der Waals surface area contributed by atoms with Crippen molar-refractivity contribution >= 4 is 23.1 Å². The quantitative estimate of drug-likeness (QED) is 0.434. The summed E-state index contributed by atoms with van der Waals surface area (Å²) in [6.45, 7) is 2.01. The number of aryl methyl sites for hydroxylation is 1. The van der Waals surface area contributed by atoms with E-state index >= 15 is 0 Å². The molecule has 6 heteroatoms. The molecule has 0 saturated heterocycles. The smallest absolute Gasteiger partial charge is 1.00 e. The molecule has 112 valence electrons. The molecule has 2 aromatic carbocycles. The van der Waals surface area contributed by atoms with Crippen LogP contribution < -0.4 is 35.3 Å². The van der Waals surface area contributed by atoms with E-state index in [1.54, 1.807) is 18.2 Å². The molecule has 0 heterocycles. The van der Waals surface area contributed by atoms with Gasteiger partial charge in [-0.2, -0.15) is 0 Å². The number of hydrogen-bond donors (Lipinski definition) is 2. The molecule has 0 aliphatic heterocycles. The Morgan fingerprint density at radius 3 is 2.32 bits per heavy atom. The monoisotopic (exact) mass is 327 g/mol. The van der Waals surface area contributed by atoms with Crippen LogP contribution in [0.2, 0.25) is 0 Å². The van der Waals surface area contributed by atoms with Gasteiger partial charge in [-0.15, -0.1) is 0 Å². The topological polar surface area (TPSA) is 94.8 Å². The second-order valence-corrected chi connectivity index (χ2v) is 5.04. The second-order valence-electron chi connectivity index (χ2n) is 4.64. The minimum absolute atomic E-state index is 0. The summed E-state index contributed by atoms with van der Waals surface area (Å²) in [7, 11) is 0. The van der Waals surface area contributed by atoms with E-state index in [0.29, 0.717) is 10.4 Å². The number of aliphatic carboxylic acids is 1. The summed E-state index contributed by atoms with van der Waals surface area (Å²) in [5, 5.41) is 8.95. The minimum Gasteiger partial charge on any atom is -1.00 e. The number of thiocarbonyl (C=S) groups is 1. The summed E-state index contributed by atoms with van der Waals surface area (Å²) in [6, 6.07) is 13.9. The third-order valence-corrected chi connectivity index (χ3v) is 3.56. The maximum Gasteiger partial charge on any atom is 1.00 e. The van der Waals surface area contributed by atoms with Gasteiger partial charge in [-0.25, -0.2) is 0 Å². The van der Waals surface area contributed by atoms with Crippen LogP contribution in [0.3, 0.4) is 0 Å². The number of carboxylic acids is 1. The molecule has 0 aromatic heterocycles. The summed E-state index contributed by atoms with van der Waals surface area (Å²) < 4.78 is 0. The average Bonchev–Trinajstić information content (AvgIpc) is 2.46. The Labute approximate surface area is 158 Å². The molecule has 2 aromatic rings. The standard InChI is InChI=1S/C16H15NO2S.Na.H2O.H/c1-10-5-7-11(8-6-10)15(20)13-4-2-3-12(9-13)14(17)16(18)19;;;/h2-9,14H,17H2,1H3,(H,18,19);;1H2;/q;+1;;-1. The summed E-state index contributed by atoms with van der Waals surface area (Å²) in [5.41, 5.74) is 9.07. The molecule has 0 bridgehead atoms. The number of rotatable bonds is 4. The normalized spacial score (nSPS) is 10.8. The molecular weight excluding hydrogens is 309 g/mol. The molecule has 5 N–H and O–H groups in total. The van der Waals surface area contributed by atoms with Gasteiger partial charge in [0.2, 0.25) is 0 Å². The maximum absolute atomic E-state index is 10.9. The van der Waals surface area contributed by atoms with Crippen LogP contribution in [0.5, 0.6) is 0 Å². The average molecular weight is 327 g/mol. The van der Waals surface area contributed by atoms with Gasteiger partial charge in [0.05, 0.1) is 4.86 Å². The van der Waals surface area contributed by atoms with E-state index in [0.717, 1.165) is 11.1 Å². The van der Waals surface area contributed by atoms with Gasteiger partial charge in [0.25, 0.3) is 0 Å². The van der Waals surface area contributed by atoms with Gasteiger partial charge in [0.15, 0.2) is 0 Å². The van der Waals surface area contributed by atoms with Gasteiger partial charge < -0.3 is 17.7 Å². The SMILES string of the molecule is Cc1ccc(C(=S)c2cccc(C(N)C(=O)O)c2)cc1.O.[H-].[Na+]. The first-order chi connectivity index (χ1) is 9.49. The van der Waals surface area contributed by atoms with E-state index in [9.17, 15) is 4.79 Å². The Bertz CT molecular complexity index is 665. The van der Waals surface area contributed by atoms with Crippen LogP contribution in [0.15, 0.2) is 48.5 Å². The predicted molar refractivity (Wildman–Crippen MR) is 87.7 cm³/mol. The second kappa shape index (κ2) is 9.15. The van der Waals surface area contributed by atoms with Crippen molar-refractivity contribution in [3.8, 4) is 0 Å². The fourth-order valence-corrected chi connectivity index (χ4v) is 2.15. The van der Waals surface area contributed by atoms with Crippen LogP contribution in [-0.4, -0.2) is 21.4 Å². The Morgan fingerprint density at radius 2 is 1.77 bits per heavy atom. The van der Waals surface area contributed by atoms with Crippen LogP contribution in [0.25, 0.3) is 0 Å². The summed E-state index contributed by atoms with van der Waals surface area (Å²) >= 11 is 5.45. The van der Waals surface area contributed by atoms with Gasteiger partial charge >= 0.3 is 35.5 Å². The van der Waals surface area contributed by atoms with Crippen LogP contribution in [0.4, 0.5) is 0 Å². The van der Waals surface area contributed by atoms with Gasteiger partial charge in [-0.05, 0) is 29.7 Å². The Hall–Kier alpha value is -1.08. The van der Waals surface area contributed by atoms with Crippen molar-refractivity contribution in [1.29, 1.82) is 0 Å². The van der Waals surface area contributed by atoms with Crippen molar-refractivity contribution in [1.82, 2.24) is 0 Å². The number of benzene rings is 2. The van der Waals surface area contributed by atoms with Crippen LogP contribution in [0, 0.1) is 6.92 Å². The number of carboxylic acid groups (broad SMARTS) is 1. The van der Waals surface area contributed by atoms with E-state index in [1.807, 2.05) is 37.3 Å². The number of hydrogen-bond acceptors (Lipinski definition) is 3. The molecule has 2 rings (SSSR count). The van der Waals surface area contributed by atoms with Crippen LogP contribution >= 0.6 is 12.2 Å². The van der Waals surface area contributed by atoms with Crippen molar-refractivity contribution in [2.75, 3.05) is 0 Å². The molecule has 0 radical (unpaired) electrons. The molecule has 0 aliphatic rings. The first kappa shape index (κ1) is 20.9. The largest absolute Gasteiger partial charge is 1.00 e. The van der Waals surface area contributed by atoms with Crippen LogP contribution in [-0.2, 0) is 4.79 Å². The predicted octanol–water partition coefficient (Wildman–Crippen LogP) is -0.862. The zero-order valence-corrected chi connectivity index (χ0v) is 15.4. The van der Waals surface area contributed by atoms with Crippen LogP contribution in [0.1, 0.15) is 29.7 Å². The Balaban J connectivity index is 0. The molecule has 0 amide bonds. The van der Waals surface area contributed by atoms with E-state index < -0.39 is 12.0 Å². The maximum atomic E-state index is 10.9. The Kier molecular flexibility index (Phi) is 8.70. The van der Waals surface area contributed by atoms with E-state index in [-0.39, 0.29) is 36.5 Å². The van der Waals surface area contributed by atoms with Crippen molar-refractivity contribution in [2.45, 2.75) is 13.0 Å². The summed E-state index contributed by atoms with van der Waals surface area (Å²) in [4.78, 5) is 11.6. The molecule has 22 heavy (non-hydrogen) atoms. The molecular formula is C16H18NNaO3S. The van der Waals surface area contributed by atoms with Crippen molar-refractivity contribution in [2.24, 2.45) is 5.73 Å². The number of nitrogens with two attached hydrogens (primary N) is 1. The van der Waals surface area contributed by atoms with Gasteiger partial charge in [0.1, 0.15) is 6.04 Å². The molecule has 1 atom stereocenters. The van der Waals surface area contributed by atoms with Crippen molar-refractivity contribution in [3.05, 3.63) is 70.8 Å². The van der Waals surface area contributed by atoms with Crippen molar-refractivity contribution in [3.63, 3.8) is 0 Å². The summed E-state index contributed by atoms with van der Waals surface area (Å²) in [5.74, 6) is -1.05. The van der Waals surface area contributed by atoms with E-state index in [2.05, 4.69) is 0 Å². The van der Waals surface area contributed by atoms with Gasteiger partial charge in [-0.1, -0.05) is 60.2 Å². The molecule has 4 nitrogen and oxygen atoms in total. The molecule has 0 aliphatic carbocycles. The molecule has 0 spiro atoms. The third-order valence-electron chi connectivity index (χ3n) is 3.09. The molecule has 1 unspecified atom stereocenters. The van der Waals surface area contributed by atoms with E-state index in [1.165, 1.54) is 5.56 Å². The fraction of sp³-hybridized carbons (Fsp3) is 0.125. The van der Waals surface area contributed by atoms with Crippen molar-refractivity contribution < 1.29 is 46.4 Å². The zero-order chi connectivity index (χ0) is 14.7. The molecule has 0 fully saturated rings.